The van der Waals surface area contributed by atoms with Gasteiger partial charge in [-0.15, -0.1) is 0 Å². The summed E-state index contributed by atoms with van der Waals surface area (Å²) in [5.74, 6) is 0.964. The molecule has 1 aromatic carbocycles. The van der Waals surface area contributed by atoms with Crippen molar-refractivity contribution in [2.24, 2.45) is 0 Å². The van der Waals surface area contributed by atoms with E-state index in [0.29, 0.717) is 41.3 Å². The fraction of sp³-hybridized carbons (Fsp3) is 0.455. The molecule has 1 aliphatic carbocycles. The predicted molar refractivity (Wildman–Crippen MR) is 126 cm³/mol. The topological polar surface area (TPSA) is 114 Å². The molecule has 2 heterocycles. The van der Waals surface area contributed by atoms with Gasteiger partial charge >= 0.3 is 6.03 Å². The lowest BCUT2D eigenvalue weighted by Gasteiger charge is -2.38. The van der Waals surface area contributed by atoms with Crippen LogP contribution in [0.5, 0.6) is 0 Å². The summed E-state index contributed by atoms with van der Waals surface area (Å²) in [5, 5.41) is 14.8. The van der Waals surface area contributed by atoms with Crippen molar-refractivity contribution in [3.8, 4) is 0 Å². The number of hydrogen-bond donors (Lipinski definition) is 4. The minimum atomic E-state index is -0.328. The lowest BCUT2D eigenvalue weighted by atomic mass is 9.95. The largest absolute Gasteiger partial charge is 0.367 e. The number of rotatable bonds is 6. The van der Waals surface area contributed by atoms with E-state index in [0.717, 1.165) is 37.5 Å². The van der Waals surface area contributed by atoms with Crippen LogP contribution in [0.3, 0.4) is 0 Å². The summed E-state index contributed by atoms with van der Waals surface area (Å²) in [4.78, 5) is 34.0. The van der Waals surface area contributed by atoms with E-state index < -0.39 is 0 Å². The molecule has 32 heavy (non-hydrogen) atoms. The second-order valence-electron chi connectivity index (χ2n) is 8.35. The summed E-state index contributed by atoms with van der Waals surface area (Å²) < 4.78 is 0. The summed E-state index contributed by atoms with van der Waals surface area (Å²) in [6, 6.07) is 5.32. The van der Waals surface area contributed by atoms with Crippen LogP contribution in [0, 0.1) is 5.41 Å². The summed E-state index contributed by atoms with van der Waals surface area (Å²) in [7, 11) is 0. The number of nitrogens with zero attached hydrogens (tertiary/aromatic N) is 2. The Labute approximate surface area is 196 Å². The number of hydrogen-bond acceptors (Lipinski definition) is 5. The molecule has 0 atom stereocenters. The van der Waals surface area contributed by atoms with Crippen LogP contribution in [0.2, 0.25) is 10.0 Å². The molecule has 2 amide bonds. The van der Waals surface area contributed by atoms with Crippen molar-refractivity contribution in [1.82, 2.24) is 20.2 Å². The summed E-state index contributed by atoms with van der Waals surface area (Å²) in [5.41, 5.74) is 0.775. The fourth-order valence-corrected chi connectivity index (χ4v) is 4.45. The minimum absolute atomic E-state index is 0.0508. The maximum absolute atomic E-state index is 12.5. The van der Waals surface area contributed by atoms with E-state index in [-0.39, 0.29) is 29.1 Å². The molecule has 2 aromatic rings. The molecule has 1 saturated carbocycles. The first-order chi connectivity index (χ1) is 15.4. The smallest absolute Gasteiger partial charge is 0.317 e. The highest BCUT2D eigenvalue weighted by molar-refractivity contribution is 6.42. The quantitative estimate of drug-likeness (QED) is 0.469. The molecule has 0 radical (unpaired) electrons. The normalized spacial score (nSPS) is 17.0. The minimum Gasteiger partial charge on any atom is -0.367 e. The first kappa shape index (κ1) is 22.6. The standard InChI is InChI=1S/C22H26Cl2N6O2/c23-17-7-6-13(8-18(17)24)10-26-22(32)30-11-14(12-30)19-28-20(16(9-25)21(31)29-19)27-15-4-2-1-3-5-15/h6-9,14-15,25H,1-5,10-12H2,(H,26,32)(H2,27,28,29,31). The Morgan fingerprint density at radius 3 is 2.66 bits per heavy atom. The third-order valence-corrected chi connectivity index (χ3v) is 6.79. The van der Waals surface area contributed by atoms with Gasteiger partial charge in [-0.25, -0.2) is 9.78 Å². The number of H-pyrrole nitrogens is 1. The number of anilines is 1. The molecule has 8 nitrogen and oxygen atoms in total. The number of amides is 2. The number of carbonyl (C=O) groups excluding carboxylic acids is 1. The van der Waals surface area contributed by atoms with Crippen molar-refractivity contribution in [2.75, 3.05) is 18.4 Å². The molecule has 2 aliphatic rings. The third kappa shape index (κ3) is 5.07. The Bertz CT molecular complexity index is 1060. The predicted octanol–water partition coefficient (Wildman–Crippen LogP) is 4.13. The molecule has 10 heteroatoms. The van der Waals surface area contributed by atoms with Gasteiger partial charge in [-0.05, 0) is 30.5 Å². The van der Waals surface area contributed by atoms with E-state index in [1.165, 1.54) is 6.42 Å². The first-order valence-electron chi connectivity index (χ1n) is 10.8. The molecule has 2 fully saturated rings. The van der Waals surface area contributed by atoms with E-state index in [4.69, 9.17) is 28.6 Å². The average Bonchev–Trinajstić information content (AvgIpc) is 2.74. The Balaban J connectivity index is 1.36. The summed E-state index contributed by atoms with van der Waals surface area (Å²) in [6.45, 7) is 1.27. The molecule has 4 N–H and O–H groups in total. The van der Waals surface area contributed by atoms with Crippen LogP contribution in [0.4, 0.5) is 10.6 Å². The van der Waals surface area contributed by atoms with E-state index in [9.17, 15) is 9.59 Å². The van der Waals surface area contributed by atoms with Crippen molar-refractivity contribution >= 4 is 41.3 Å². The lowest BCUT2D eigenvalue weighted by molar-refractivity contribution is 0.148. The van der Waals surface area contributed by atoms with Gasteiger partial charge in [0.15, 0.2) is 0 Å². The van der Waals surface area contributed by atoms with Gasteiger partial charge in [0.05, 0.1) is 21.5 Å². The van der Waals surface area contributed by atoms with Gasteiger partial charge in [-0.1, -0.05) is 48.5 Å². The molecule has 0 unspecified atom stereocenters. The highest BCUT2D eigenvalue weighted by Crippen LogP contribution is 2.27. The number of nitrogens with one attached hydrogen (secondary N) is 4. The highest BCUT2D eigenvalue weighted by Gasteiger charge is 2.34. The SMILES string of the molecule is N=Cc1c(NC2CCCCC2)nc(C2CN(C(=O)NCc3ccc(Cl)c(Cl)c3)C2)[nH]c1=O. The number of aromatic amines is 1. The molecule has 1 saturated heterocycles. The second-order valence-corrected chi connectivity index (χ2v) is 9.16. The van der Waals surface area contributed by atoms with E-state index in [2.05, 4.69) is 20.6 Å². The molecule has 1 aliphatic heterocycles. The van der Waals surface area contributed by atoms with Crippen molar-refractivity contribution < 1.29 is 4.79 Å². The van der Waals surface area contributed by atoms with Crippen molar-refractivity contribution in [3.05, 3.63) is 55.5 Å². The first-order valence-corrected chi connectivity index (χ1v) is 11.6. The third-order valence-electron chi connectivity index (χ3n) is 6.05. The lowest BCUT2D eigenvalue weighted by Crippen LogP contribution is -2.53. The van der Waals surface area contributed by atoms with Gasteiger partial charge in [-0.3, -0.25) is 4.79 Å². The van der Waals surface area contributed by atoms with Crippen LogP contribution in [0.25, 0.3) is 0 Å². The van der Waals surface area contributed by atoms with Crippen molar-refractivity contribution in [1.29, 1.82) is 5.41 Å². The molecule has 0 spiro atoms. The highest BCUT2D eigenvalue weighted by atomic mass is 35.5. The molecular formula is C22H26Cl2N6O2. The Kier molecular flexibility index (Phi) is 7.01. The maximum Gasteiger partial charge on any atom is 0.317 e. The van der Waals surface area contributed by atoms with Gasteiger partial charge < -0.3 is 25.9 Å². The zero-order valence-corrected chi connectivity index (χ0v) is 19.1. The Hall–Kier alpha value is -2.58. The second kappa shape index (κ2) is 9.92. The number of aromatic nitrogens is 2. The number of halogens is 2. The van der Waals surface area contributed by atoms with Gasteiger partial charge in [0, 0.05) is 31.9 Å². The fourth-order valence-electron chi connectivity index (χ4n) is 4.13. The Morgan fingerprint density at radius 2 is 1.97 bits per heavy atom. The number of benzene rings is 1. The van der Waals surface area contributed by atoms with Crippen LogP contribution in [0.1, 0.15) is 55.0 Å². The number of carbonyl (C=O) groups is 1. The van der Waals surface area contributed by atoms with Crippen LogP contribution in [-0.2, 0) is 6.54 Å². The van der Waals surface area contributed by atoms with E-state index in [1.54, 1.807) is 17.0 Å². The van der Waals surface area contributed by atoms with Crippen LogP contribution < -0.4 is 16.2 Å². The Morgan fingerprint density at radius 1 is 1.22 bits per heavy atom. The number of likely N-dealkylation sites (tertiary alicyclic amines) is 1. The van der Waals surface area contributed by atoms with Crippen LogP contribution in [0.15, 0.2) is 23.0 Å². The maximum atomic E-state index is 12.5. The zero-order chi connectivity index (χ0) is 22.7. The number of urea groups is 1. The molecule has 170 valence electrons. The van der Waals surface area contributed by atoms with Crippen LogP contribution in [-0.4, -0.2) is 46.2 Å². The molecule has 4 rings (SSSR count). The van der Waals surface area contributed by atoms with Crippen molar-refractivity contribution in [3.63, 3.8) is 0 Å². The van der Waals surface area contributed by atoms with Gasteiger partial charge in [0.1, 0.15) is 11.6 Å². The van der Waals surface area contributed by atoms with Gasteiger partial charge in [0.2, 0.25) is 0 Å². The molecule has 1 aromatic heterocycles. The zero-order valence-electron chi connectivity index (χ0n) is 17.6. The van der Waals surface area contributed by atoms with Gasteiger partial charge in [0.25, 0.3) is 5.56 Å². The van der Waals surface area contributed by atoms with Crippen molar-refractivity contribution in [2.45, 2.75) is 50.6 Å². The van der Waals surface area contributed by atoms with Gasteiger partial charge in [-0.2, -0.15) is 0 Å². The average molecular weight is 477 g/mol. The summed E-state index contributed by atoms with van der Waals surface area (Å²) >= 11 is 11.9. The van der Waals surface area contributed by atoms with E-state index >= 15 is 0 Å². The monoisotopic (exact) mass is 476 g/mol. The van der Waals surface area contributed by atoms with E-state index in [1.807, 2.05) is 6.07 Å². The van der Waals surface area contributed by atoms with Crippen LogP contribution >= 0.6 is 23.2 Å². The molecular weight excluding hydrogens is 451 g/mol. The molecule has 0 bridgehead atoms. The summed E-state index contributed by atoms with van der Waals surface area (Å²) in [6.07, 6.45) is 6.67.